The summed E-state index contributed by atoms with van der Waals surface area (Å²) in [5.41, 5.74) is 1.29. The molecule has 3 rings (SSSR count). The minimum atomic E-state index is 0.448. The van der Waals surface area contributed by atoms with Gasteiger partial charge in [0.05, 0.1) is 13.7 Å². The molecule has 1 aromatic carbocycles. The van der Waals surface area contributed by atoms with Gasteiger partial charge in [-0.05, 0) is 24.0 Å². The minimum absolute atomic E-state index is 0.448. The maximum Gasteiger partial charge on any atom is 0.176 e. The topological polar surface area (TPSA) is 34.4 Å². The molecule has 0 amide bonds. The second-order valence-corrected chi connectivity index (χ2v) is 5.72. The molecule has 2 aromatic rings. The van der Waals surface area contributed by atoms with Gasteiger partial charge in [0.15, 0.2) is 11.3 Å². The SMILES string of the molecule is COc1cccc2cc(CNC3CC3(C)C)oc12. The molecule has 1 unspecified atom stereocenters. The predicted molar refractivity (Wildman–Crippen MR) is 71.8 cm³/mol. The van der Waals surface area contributed by atoms with Gasteiger partial charge in [0.25, 0.3) is 0 Å². The van der Waals surface area contributed by atoms with Crippen LogP contribution in [0.4, 0.5) is 0 Å². The number of hydrogen-bond acceptors (Lipinski definition) is 3. The highest BCUT2D eigenvalue weighted by molar-refractivity contribution is 5.83. The predicted octanol–water partition coefficient (Wildman–Crippen LogP) is 3.33. The third kappa shape index (κ3) is 1.99. The number of benzene rings is 1. The number of furan rings is 1. The lowest BCUT2D eigenvalue weighted by atomic mass is 10.2. The van der Waals surface area contributed by atoms with E-state index in [4.69, 9.17) is 9.15 Å². The van der Waals surface area contributed by atoms with Gasteiger partial charge in [0.2, 0.25) is 0 Å². The van der Waals surface area contributed by atoms with Crippen molar-refractivity contribution in [3.05, 3.63) is 30.0 Å². The second kappa shape index (κ2) is 4.02. The lowest BCUT2D eigenvalue weighted by Gasteiger charge is -2.04. The van der Waals surface area contributed by atoms with Crippen LogP contribution in [0.25, 0.3) is 11.0 Å². The number of ether oxygens (including phenoxy) is 1. The molecule has 1 saturated carbocycles. The maximum atomic E-state index is 5.85. The highest BCUT2D eigenvalue weighted by atomic mass is 16.5. The summed E-state index contributed by atoms with van der Waals surface area (Å²) in [4.78, 5) is 0. The third-order valence-electron chi connectivity index (χ3n) is 3.82. The van der Waals surface area contributed by atoms with Crippen LogP contribution in [0.5, 0.6) is 5.75 Å². The fraction of sp³-hybridized carbons (Fsp3) is 0.467. The Labute approximate surface area is 107 Å². The molecule has 1 aliphatic rings. The Kier molecular flexibility index (Phi) is 2.59. The van der Waals surface area contributed by atoms with Crippen molar-refractivity contribution in [2.24, 2.45) is 5.41 Å². The summed E-state index contributed by atoms with van der Waals surface area (Å²) in [7, 11) is 1.67. The molecular formula is C15H19NO2. The molecule has 3 heteroatoms. The van der Waals surface area contributed by atoms with Crippen LogP contribution in [0.3, 0.4) is 0 Å². The molecule has 0 spiro atoms. The summed E-state index contributed by atoms with van der Waals surface area (Å²) in [6.07, 6.45) is 1.25. The summed E-state index contributed by atoms with van der Waals surface area (Å²) >= 11 is 0. The molecule has 18 heavy (non-hydrogen) atoms. The number of hydrogen-bond donors (Lipinski definition) is 1. The first-order valence-corrected chi connectivity index (χ1v) is 6.39. The van der Waals surface area contributed by atoms with E-state index in [1.54, 1.807) is 7.11 Å². The zero-order valence-corrected chi connectivity index (χ0v) is 11.1. The van der Waals surface area contributed by atoms with Crippen molar-refractivity contribution >= 4 is 11.0 Å². The monoisotopic (exact) mass is 245 g/mol. The Bertz CT molecular complexity index is 571. The van der Waals surface area contributed by atoms with Crippen molar-refractivity contribution in [1.29, 1.82) is 0 Å². The van der Waals surface area contributed by atoms with Crippen molar-refractivity contribution in [3.8, 4) is 5.75 Å². The van der Waals surface area contributed by atoms with Gasteiger partial charge in [-0.2, -0.15) is 0 Å². The Morgan fingerprint density at radius 1 is 1.44 bits per heavy atom. The first kappa shape index (κ1) is 11.6. The number of rotatable bonds is 4. The minimum Gasteiger partial charge on any atom is -0.493 e. The summed E-state index contributed by atoms with van der Waals surface area (Å²) in [6.45, 7) is 5.35. The molecule has 1 N–H and O–H groups in total. The highest BCUT2D eigenvalue weighted by Gasteiger charge is 2.45. The molecule has 1 heterocycles. The van der Waals surface area contributed by atoms with Crippen LogP contribution in [-0.2, 0) is 6.54 Å². The Hall–Kier alpha value is -1.48. The van der Waals surface area contributed by atoms with Crippen molar-refractivity contribution in [3.63, 3.8) is 0 Å². The summed E-state index contributed by atoms with van der Waals surface area (Å²) in [6, 6.07) is 8.66. The van der Waals surface area contributed by atoms with Gasteiger partial charge in [-0.1, -0.05) is 26.0 Å². The Balaban J connectivity index is 1.77. The standard InChI is InChI=1S/C15H19NO2/c1-15(2)8-13(15)16-9-11-7-10-5-4-6-12(17-3)14(10)18-11/h4-7,13,16H,8-9H2,1-3H3. The van der Waals surface area contributed by atoms with Crippen LogP contribution in [0.15, 0.2) is 28.7 Å². The molecule has 0 aliphatic heterocycles. The van der Waals surface area contributed by atoms with Crippen molar-refractivity contribution in [2.45, 2.75) is 32.9 Å². The van der Waals surface area contributed by atoms with E-state index in [2.05, 4.69) is 25.2 Å². The largest absolute Gasteiger partial charge is 0.493 e. The van der Waals surface area contributed by atoms with Gasteiger partial charge >= 0.3 is 0 Å². The fourth-order valence-corrected chi connectivity index (χ4v) is 2.38. The van der Waals surface area contributed by atoms with Crippen LogP contribution in [0, 0.1) is 5.41 Å². The number of fused-ring (bicyclic) bond motifs is 1. The van der Waals surface area contributed by atoms with E-state index in [0.29, 0.717) is 11.5 Å². The van der Waals surface area contributed by atoms with E-state index >= 15 is 0 Å². The number of methoxy groups -OCH3 is 1. The van der Waals surface area contributed by atoms with Crippen molar-refractivity contribution in [2.75, 3.05) is 7.11 Å². The van der Waals surface area contributed by atoms with Crippen molar-refractivity contribution in [1.82, 2.24) is 5.32 Å². The van der Waals surface area contributed by atoms with Gasteiger partial charge in [0.1, 0.15) is 5.76 Å². The average molecular weight is 245 g/mol. The highest BCUT2D eigenvalue weighted by Crippen LogP contribution is 2.44. The third-order valence-corrected chi connectivity index (χ3v) is 3.82. The molecule has 0 saturated heterocycles. The van der Waals surface area contributed by atoms with E-state index in [9.17, 15) is 0 Å². The molecule has 96 valence electrons. The maximum absolute atomic E-state index is 5.85. The number of nitrogens with one attached hydrogen (secondary N) is 1. The van der Waals surface area contributed by atoms with Crippen LogP contribution in [-0.4, -0.2) is 13.2 Å². The molecular weight excluding hydrogens is 226 g/mol. The summed E-state index contributed by atoms with van der Waals surface area (Å²) < 4.78 is 11.1. The molecule has 1 atom stereocenters. The van der Waals surface area contributed by atoms with E-state index in [0.717, 1.165) is 29.0 Å². The fourth-order valence-electron chi connectivity index (χ4n) is 2.38. The van der Waals surface area contributed by atoms with E-state index < -0.39 is 0 Å². The Morgan fingerprint density at radius 3 is 2.89 bits per heavy atom. The average Bonchev–Trinajstić information content (AvgIpc) is 2.77. The lowest BCUT2D eigenvalue weighted by Crippen LogP contribution is -2.19. The van der Waals surface area contributed by atoms with Gasteiger partial charge < -0.3 is 14.5 Å². The summed E-state index contributed by atoms with van der Waals surface area (Å²) in [5.74, 6) is 1.77. The summed E-state index contributed by atoms with van der Waals surface area (Å²) in [5, 5.41) is 4.63. The van der Waals surface area contributed by atoms with Crippen LogP contribution < -0.4 is 10.1 Å². The van der Waals surface area contributed by atoms with E-state index in [1.807, 2.05) is 18.2 Å². The number of para-hydroxylation sites is 1. The first-order chi connectivity index (χ1) is 8.60. The normalized spacial score (nSPS) is 21.2. The quantitative estimate of drug-likeness (QED) is 0.897. The smallest absolute Gasteiger partial charge is 0.176 e. The molecule has 1 fully saturated rings. The molecule has 1 aliphatic carbocycles. The van der Waals surface area contributed by atoms with Crippen LogP contribution in [0.2, 0.25) is 0 Å². The first-order valence-electron chi connectivity index (χ1n) is 6.39. The zero-order valence-electron chi connectivity index (χ0n) is 11.1. The molecule has 3 nitrogen and oxygen atoms in total. The van der Waals surface area contributed by atoms with Gasteiger partial charge in [-0.15, -0.1) is 0 Å². The Morgan fingerprint density at radius 2 is 2.22 bits per heavy atom. The molecule has 0 radical (unpaired) electrons. The van der Waals surface area contributed by atoms with Crippen LogP contribution in [0.1, 0.15) is 26.0 Å². The van der Waals surface area contributed by atoms with Gasteiger partial charge in [-0.3, -0.25) is 0 Å². The lowest BCUT2D eigenvalue weighted by molar-refractivity contribution is 0.405. The molecule has 1 aromatic heterocycles. The van der Waals surface area contributed by atoms with E-state index in [-0.39, 0.29) is 0 Å². The van der Waals surface area contributed by atoms with E-state index in [1.165, 1.54) is 6.42 Å². The second-order valence-electron chi connectivity index (χ2n) is 5.72. The zero-order chi connectivity index (χ0) is 12.8. The van der Waals surface area contributed by atoms with Crippen molar-refractivity contribution < 1.29 is 9.15 Å². The molecule has 0 bridgehead atoms. The van der Waals surface area contributed by atoms with Gasteiger partial charge in [-0.25, -0.2) is 0 Å². The van der Waals surface area contributed by atoms with Crippen LogP contribution >= 0.6 is 0 Å². The van der Waals surface area contributed by atoms with Gasteiger partial charge in [0, 0.05) is 11.4 Å².